The molecule has 4 bridgehead atoms. The van der Waals surface area contributed by atoms with Crippen LogP contribution in [0.4, 0.5) is 11.4 Å². The Hall–Kier alpha value is -3.75. The molecule has 174 valence electrons. The third-order valence-electron chi connectivity index (χ3n) is 7.85. The summed E-state index contributed by atoms with van der Waals surface area (Å²) in [5.41, 5.74) is 1.67. The van der Waals surface area contributed by atoms with Crippen LogP contribution in [0.1, 0.15) is 48.0 Å². The van der Waals surface area contributed by atoms with E-state index in [0.717, 1.165) is 31.2 Å². The zero-order chi connectivity index (χ0) is 23.3. The predicted octanol–water partition coefficient (Wildman–Crippen LogP) is 4.52. The average molecular weight is 460 g/mol. The highest BCUT2D eigenvalue weighted by Crippen LogP contribution is 2.63. The second kappa shape index (κ2) is 7.93. The molecule has 2 unspecified atom stereocenters. The fourth-order valence-corrected chi connectivity index (χ4v) is 6.71. The lowest BCUT2D eigenvalue weighted by molar-refractivity contribution is -0.384. The van der Waals surface area contributed by atoms with Crippen molar-refractivity contribution in [2.75, 3.05) is 4.90 Å². The van der Waals surface area contributed by atoms with Gasteiger partial charge in [0.15, 0.2) is 0 Å². The first-order valence-electron chi connectivity index (χ1n) is 11.7. The topological polar surface area (TPSA) is 114 Å². The van der Waals surface area contributed by atoms with Crippen LogP contribution >= 0.6 is 0 Å². The van der Waals surface area contributed by atoms with E-state index in [9.17, 15) is 14.9 Å². The molecule has 4 saturated carbocycles. The molecule has 2 atom stereocenters. The van der Waals surface area contributed by atoms with Crippen LogP contribution in [-0.4, -0.2) is 31.6 Å². The zero-order valence-corrected chi connectivity index (χ0v) is 18.6. The Morgan fingerprint density at radius 2 is 1.91 bits per heavy atom. The summed E-state index contributed by atoms with van der Waals surface area (Å²) in [4.78, 5) is 30.9. The molecule has 0 spiro atoms. The molecule has 9 nitrogen and oxygen atoms in total. The van der Waals surface area contributed by atoms with Gasteiger partial charge in [-0.3, -0.25) is 19.9 Å². The van der Waals surface area contributed by atoms with Crippen LogP contribution in [0.3, 0.4) is 0 Å². The van der Waals surface area contributed by atoms with Crippen LogP contribution in [0.15, 0.2) is 55.0 Å². The Balaban J connectivity index is 1.36. The third kappa shape index (κ3) is 3.34. The molecule has 0 saturated heterocycles. The van der Waals surface area contributed by atoms with Crippen LogP contribution in [-0.2, 0) is 6.61 Å². The Morgan fingerprint density at radius 3 is 2.59 bits per heavy atom. The smallest absolute Gasteiger partial charge is 0.269 e. The summed E-state index contributed by atoms with van der Waals surface area (Å²) in [5, 5.41) is 18.1. The van der Waals surface area contributed by atoms with Crippen molar-refractivity contribution in [3.05, 3.63) is 76.2 Å². The Kier molecular flexibility index (Phi) is 4.86. The van der Waals surface area contributed by atoms with Gasteiger partial charge in [0.2, 0.25) is 5.88 Å². The highest BCUT2D eigenvalue weighted by Gasteiger charge is 2.61. The number of hydrogen-bond acceptors (Lipinski definition) is 6. The first-order valence-corrected chi connectivity index (χ1v) is 11.7. The second-order valence-corrected chi connectivity index (χ2v) is 9.82. The molecule has 1 aromatic carbocycles. The van der Waals surface area contributed by atoms with E-state index in [2.05, 4.69) is 15.2 Å². The van der Waals surface area contributed by atoms with Gasteiger partial charge in [-0.2, -0.15) is 5.10 Å². The van der Waals surface area contributed by atoms with Crippen LogP contribution in [0.5, 0.6) is 5.88 Å². The SMILES string of the molecule is O=C(c1cn[nH]c1OCc1cccnc1)N(c1ccc([N+](=O)[O-])cc1)C12CC3CC(CC1C3)C2. The van der Waals surface area contributed by atoms with Gasteiger partial charge in [-0.1, -0.05) is 6.07 Å². The molecule has 0 aliphatic heterocycles. The number of non-ortho nitro benzene ring substituents is 1. The number of nitrogens with zero attached hydrogens (tertiary/aromatic N) is 4. The first kappa shape index (κ1) is 20.8. The fourth-order valence-electron chi connectivity index (χ4n) is 6.71. The van der Waals surface area contributed by atoms with E-state index in [1.54, 1.807) is 24.5 Å². The minimum Gasteiger partial charge on any atom is -0.472 e. The van der Waals surface area contributed by atoms with E-state index in [-0.39, 0.29) is 23.7 Å². The molecule has 1 amide bonds. The summed E-state index contributed by atoms with van der Waals surface area (Å²) in [5.74, 6) is 1.85. The number of H-pyrrole nitrogens is 1. The van der Waals surface area contributed by atoms with Gasteiger partial charge in [-0.05, 0) is 68.1 Å². The molecule has 7 rings (SSSR count). The number of hydrogen-bond donors (Lipinski definition) is 1. The van der Waals surface area contributed by atoms with Crippen molar-refractivity contribution in [3.63, 3.8) is 0 Å². The Morgan fingerprint density at radius 1 is 1.15 bits per heavy atom. The number of carbonyl (C=O) groups is 1. The fraction of sp³-hybridized carbons (Fsp3) is 0.400. The first-order chi connectivity index (χ1) is 16.5. The van der Waals surface area contributed by atoms with Crippen molar-refractivity contribution in [1.82, 2.24) is 15.2 Å². The molecule has 2 heterocycles. The Bertz CT molecular complexity index is 1210. The molecule has 34 heavy (non-hydrogen) atoms. The van der Waals surface area contributed by atoms with Crippen LogP contribution < -0.4 is 9.64 Å². The normalized spacial score (nSPS) is 26.5. The largest absolute Gasteiger partial charge is 0.472 e. The maximum atomic E-state index is 14.1. The minimum atomic E-state index is -0.419. The van der Waals surface area contributed by atoms with Gasteiger partial charge in [0.1, 0.15) is 12.2 Å². The van der Waals surface area contributed by atoms with Crippen molar-refractivity contribution in [1.29, 1.82) is 0 Å². The lowest BCUT2D eigenvalue weighted by atomic mass is 9.79. The van der Waals surface area contributed by atoms with Gasteiger partial charge >= 0.3 is 0 Å². The van der Waals surface area contributed by atoms with E-state index in [1.165, 1.54) is 24.8 Å². The van der Waals surface area contributed by atoms with Crippen LogP contribution in [0.25, 0.3) is 0 Å². The number of nitro groups is 1. The summed E-state index contributed by atoms with van der Waals surface area (Å²) >= 11 is 0. The van der Waals surface area contributed by atoms with E-state index in [0.29, 0.717) is 34.9 Å². The summed E-state index contributed by atoms with van der Waals surface area (Å²) < 4.78 is 5.93. The van der Waals surface area contributed by atoms with Crippen LogP contribution in [0, 0.1) is 27.9 Å². The van der Waals surface area contributed by atoms with Crippen molar-refractivity contribution >= 4 is 17.3 Å². The standard InChI is InChI=1S/C25H25N5O4/c31-24(22-14-27-28-23(22)34-15-16-2-1-7-26-13-16)29(20-3-5-21(6-4-20)30(32)33)25-11-17-8-18(12-25)10-19(25)9-17/h1-7,13-14,17-19H,8-12,15H2,(H,27,28). The van der Waals surface area contributed by atoms with Crippen molar-refractivity contribution in [3.8, 4) is 5.88 Å². The molecular weight excluding hydrogens is 434 g/mol. The molecule has 9 heteroatoms. The van der Waals surface area contributed by atoms with E-state index >= 15 is 0 Å². The molecule has 3 aromatic rings. The number of nitro benzene ring substituents is 1. The van der Waals surface area contributed by atoms with E-state index < -0.39 is 4.92 Å². The highest BCUT2D eigenvalue weighted by atomic mass is 16.6. The molecule has 4 fully saturated rings. The zero-order valence-electron chi connectivity index (χ0n) is 18.6. The number of aromatic nitrogens is 3. The number of anilines is 1. The average Bonchev–Trinajstić information content (AvgIpc) is 3.48. The third-order valence-corrected chi connectivity index (χ3v) is 7.85. The monoisotopic (exact) mass is 459 g/mol. The van der Waals surface area contributed by atoms with Gasteiger partial charge < -0.3 is 9.64 Å². The molecule has 0 radical (unpaired) electrons. The van der Waals surface area contributed by atoms with Crippen molar-refractivity contribution in [2.24, 2.45) is 17.8 Å². The number of carbonyl (C=O) groups excluding carboxylic acids is 1. The molecule has 4 aliphatic rings. The predicted molar refractivity (Wildman–Crippen MR) is 123 cm³/mol. The van der Waals surface area contributed by atoms with Gasteiger partial charge in [0, 0.05) is 35.8 Å². The number of pyridine rings is 1. The quantitative estimate of drug-likeness (QED) is 0.410. The van der Waals surface area contributed by atoms with Gasteiger partial charge in [-0.25, -0.2) is 5.10 Å². The minimum absolute atomic E-state index is 0.00898. The number of aromatic amines is 1. The van der Waals surface area contributed by atoms with Crippen molar-refractivity contribution in [2.45, 2.75) is 44.2 Å². The van der Waals surface area contributed by atoms with Gasteiger partial charge in [0.25, 0.3) is 11.6 Å². The highest BCUT2D eigenvalue weighted by molar-refractivity contribution is 6.08. The number of nitrogens with one attached hydrogen (secondary N) is 1. The second-order valence-electron chi connectivity index (χ2n) is 9.82. The molecule has 2 aromatic heterocycles. The maximum absolute atomic E-state index is 14.1. The maximum Gasteiger partial charge on any atom is 0.269 e. The number of amides is 1. The number of benzene rings is 1. The lowest BCUT2D eigenvalue weighted by Gasteiger charge is -2.43. The Labute approximate surface area is 196 Å². The number of rotatable bonds is 7. The van der Waals surface area contributed by atoms with Crippen molar-refractivity contribution < 1.29 is 14.5 Å². The summed E-state index contributed by atoms with van der Waals surface area (Å²) in [6, 6.07) is 10.1. The van der Waals surface area contributed by atoms with E-state index in [4.69, 9.17) is 4.74 Å². The van der Waals surface area contributed by atoms with Crippen LogP contribution in [0.2, 0.25) is 0 Å². The summed E-state index contributed by atoms with van der Waals surface area (Å²) in [6.07, 6.45) is 10.4. The van der Waals surface area contributed by atoms with Gasteiger partial charge in [-0.15, -0.1) is 0 Å². The molecular formula is C25H25N5O4. The number of ether oxygens (including phenoxy) is 1. The molecule has 4 aliphatic carbocycles. The van der Waals surface area contributed by atoms with Gasteiger partial charge in [0.05, 0.1) is 16.7 Å². The summed E-state index contributed by atoms with van der Waals surface area (Å²) in [6.45, 7) is 0.256. The lowest BCUT2D eigenvalue weighted by Crippen LogP contribution is -2.53. The molecule has 1 N–H and O–H groups in total. The van der Waals surface area contributed by atoms with E-state index in [1.807, 2.05) is 17.0 Å². The summed E-state index contributed by atoms with van der Waals surface area (Å²) in [7, 11) is 0.